The number of imidazole rings is 2. The molecule has 2 aromatic carbocycles. The molecule has 11 heteroatoms. The summed E-state index contributed by atoms with van der Waals surface area (Å²) in [6.07, 6.45) is 1.73. The third-order valence-corrected chi connectivity index (χ3v) is 5.90. The first kappa shape index (κ1) is 21.5. The van der Waals surface area contributed by atoms with Crippen LogP contribution in [0.15, 0.2) is 64.3 Å². The number of carboxylic acids is 1. The van der Waals surface area contributed by atoms with E-state index in [0.717, 1.165) is 5.56 Å². The number of rotatable bonds is 5. The minimum Gasteiger partial charge on any atom is -0.495 e. The Morgan fingerprint density at radius 3 is 2.53 bits per heavy atom. The molecule has 1 N–H and O–H groups in total. The number of carbonyl (C=O) groups is 1. The Hall–Kier alpha value is -4.31. The van der Waals surface area contributed by atoms with Gasteiger partial charge in [-0.2, -0.15) is 4.98 Å². The van der Waals surface area contributed by atoms with Crippen LogP contribution in [-0.2, 0) is 18.4 Å². The first-order chi connectivity index (χ1) is 16.3. The smallest absolute Gasteiger partial charge is 0.333 e. The normalized spacial score (nSPS) is 11.4. The molecule has 10 nitrogen and oxygen atoms in total. The Morgan fingerprint density at radius 2 is 1.88 bits per heavy atom. The molecule has 0 radical (unpaired) electrons. The molecule has 0 bridgehead atoms. The summed E-state index contributed by atoms with van der Waals surface area (Å²) in [5.74, 6) is -0.438. The lowest BCUT2D eigenvalue weighted by Crippen LogP contribution is -2.41. The number of aryl methyl sites for hydroxylation is 1. The van der Waals surface area contributed by atoms with Crippen LogP contribution in [0.1, 0.15) is 0 Å². The predicted molar refractivity (Wildman–Crippen MR) is 126 cm³/mol. The van der Waals surface area contributed by atoms with Crippen LogP contribution in [0.4, 0.5) is 0 Å². The third-order valence-electron chi connectivity index (χ3n) is 5.61. The number of aromatic nitrogens is 5. The van der Waals surface area contributed by atoms with Crippen molar-refractivity contribution < 1.29 is 14.6 Å². The fraction of sp³-hybridized carbons (Fsp3) is 0.130. The molecular formula is C23H18ClN5O5. The summed E-state index contributed by atoms with van der Waals surface area (Å²) < 4.78 is 10.5. The van der Waals surface area contributed by atoms with E-state index < -0.39 is 23.8 Å². The van der Waals surface area contributed by atoms with Crippen LogP contribution in [0.25, 0.3) is 33.9 Å². The number of benzene rings is 2. The van der Waals surface area contributed by atoms with Crippen LogP contribution in [0, 0.1) is 0 Å². The second-order valence-corrected chi connectivity index (χ2v) is 8.02. The Labute approximate surface area is 196 Å². The van der Waals surface area contributed by atoms with E-state index in [1.54, 1.807) is 28.8 Å². The maximum Gasteiger partial charge on any atom is 0.333 e. The molecule has 0 saturated carbocycles. The zero-order valence-corrected chi connectivity index (χ0v) is 18.9. The number of hydrogen-bond donors (Lipinski definition) is 1. The monoisotopic (exact) mass is 479 g/mol. The van der Waals surface area contributed by atoms with Crippen molar-refractivity contribution in [3.8, 4) is 22.7 Å². The molecule has 3 heterocycles. The van der Waals surface area contributed by atoms with E-state index >= 15 is 0 Å². The lowest BCUT2D eigenvalue weighted by molar-refractivity contribution is -0.137. The van der Waals surface area contributed by atoms with E-state index in [-0.39, 0.29) is 11.2 Å². The van der Waals surface area contributed by atoms with Crippen molar-refractivity contribution in [2.24, 2.45) is 7.05 Å². The Kier molecular flexibility index (Phi) is 5.02. The average molecular weight is 480 g/mol. The number of methoxy groups -OCH3 is 1. The summed E-state index contributed by atoms with van der Waals surface area (Å²) in [6.45, 7) is -0.755. The molecule has 172 valence electrons. The van der Waals surface area contributed by atoms with Gasteiger partial charge in [-0.3, -0.25) is 23.1 Å². The second-order valence-electron chi connectivity index (χ2n) is 7.62. The van der Waals surface area contributed by atoms with E-state index in [2.05, 4.69) is 4.98 Å². The van der Waals surface area contributed by atoms with Gasteiger partial charge in [0.25, 0.3) is 5.56 Å². The van der Waals surface area contributed by atoms with Crippen molar-refractivity contribution in [3.05, 3.63) is 80.6 Å². The molecule has 0 aliphatic rings. The largest absolute Gasteiger partial charge is 0.495 e. The van der Waals surface area contributed by atoms with Crippen molar-refractivity contribution in [1.82, 2.24) is 23.1 Å². The van der Waals surface area contributed by atoms with Crippen LogP contribution >= 0.6 is 11.6 Å². The second kappa shape index (κ2) is 7.92. The highest BCUT2D eigenvalue weighted by molar-refractivity contribution is 6.32. The first-order valence-corrected chi connectivity index (χ1v) is 10.5. The van der Waals surface area contributed by atoms with Gasteiger partial charge in [-0.25, -0.2) is 9.36 Å². The van der Waals surface area contributed by atoms with Gasteiger partial charge < -0.3 is 9.84 Å². The summed E-state index contributed by atoms with van der Waals surface area (Å²) in [4.78, 5) is 41.8. The molecule has 0 atom stereocenters. The van der Waals surface area contributed by atoms with Crippen molar-refractivity contribution in [3.63, 3.8) is 0 Å². The SMILES string of the molecule is COc1ccc(-n2c(-c3ccccc3)cn3c4c(=O)n(CC(=O)O)c(=O)n(C)c4nc23)cc1Cl. The van der Waals surface area contributed by atoms with E-state index in [1.165, 1.54) is 18.7 Å². The van der Waals surface area contributed by atoms with Crippen molar-refractivity contribution in [2.75, 3.05) is 7.11 Å². The molecule has 0 fully saturated rings. The summed E-state index contributed by atoms with van der Waals surface area (Å²) in [6, 6.07) is 14.7. The van der Waals surface area contributed by atoms with Gasteiger partial charge in [-0.15, -0.1) is 0 Å². The molecule has 3 aromatic heterocycles. The lowest BCUT2D eigenvalue weighted by atomic mass is 10.1. The predicted octanol–water partition coefficient (Wildman–Crippen LogP) is 2.55. The quantitative estimate of drug-likeness (QED) is 0.414. The average Bonchev–Trinajstić information content (AvgIpc) is 3.37. The van der Waals surface area contributed by atoms with Crippen LogP contribution in [0.2, 0.25) is 5.02 Å². The van der Waals surface area contributed by atoms with E-state index in [0.29, 0.717) is 32.5 Å². The van der Waals surface area contributed by atoms with Gasteiger partial charge in [0.15, 0.2) is 11.2 Å². The molecule has 0 aliphatic carbocycles. The van der Waals surface area contributed by atoms with Gasteiger partial charge in [-0.05, 0) is 18.2 Å². The first-order valence-electron chi connectivity index (χ1n) is 10.2. The molecule has 5 rings (SSSR count). The molecule has 0 spiro atoms. The number of hydrogen-bond acceptors (Lipinski definition) is 5. The minimum absolute atomic E-state index is 0.0916. The third kappa shape index (κ3) is 3.19. The number of carboxylic acid groups (broad SMARTS) is 1. The highest BCUT2D eigenvalue weighted by Crippen LogP contribution is 2.32. The van der Waals surface area contributed by atoms with Gasteiger partial charge in [0.2, 0.25) is 5.78 Å². The Bertz CT molecular complexity index is 1710. The molecular weight excluding hydrogens is 462 g/mol. The van der Waals surface area contributed by atoms with Gasteiger partial charge in [-0.1, -0.05) is 41.9 Å². The Balaban J connectivity index is 1.92. The number of aliphatic carboxylic acids is 1. The van der Waals surface area contributed by atoms with Crippen LogP contribution in [-0.4, -0.2) is 41.3 Å². The molecule has 0 unspecified atom stereocenters. The number of halogens is 1. The van der Waals surface area contributed by atoms with Crippen LogP contribution < -0.4 is 16.0 Å². The van der Waals surface area contributed by atoms with Crippen molar-refractivity contribution in [1.29, 1.82) is 0 Å². The van der Waals surface area contributed by atoms with Crippen LogP contribution in [0.5, 0.6) is 5.75 Å². The molecule has 34 heavy (non-hydrogen) atoms. The van der Waals surface area contributed by atoms with Gasteiger partial charge >= 0.3 is 11.7 Å². The molecule has 0 amide bonds. The zero-order chi connectivity index (χ0) is 24.1. The van der Waals surface area contributed by atoms with Gasteiger partial charge in [0.1, 0.15) is 12.3 Å². The molecule has 5 aromatic rings. The summed E-state index contributed by atoms with van der Waals surface area (Å²) >= 11 is 6.40. The Morgan fingerprint density at radius 1 is 1.15 bits per heavy atom. The van der Waals surface area contributed by atoms with Gasteiger partial charge in [0.05, 0.1) is 23.5 Å². The summed E-state index contributed by atoms with van der Waals surface area (Å²) in [7, 11) is 2.97. The highest BCUT2D eigenvalue weighted by Gasteiger charge is 2.23. The standard InChI is InChI=1S/C23H18ClN5O5/c1-26-20-19(21(32)28(23(26)33)12-18(30)31)27-11-16(13-6-4-3-5-7-13)29(22(27)25-20)14-8-9-17(34-2)15(24)10-14/h3-11H,12H2,1-2H3,(H,30,31). The molecule has 0 saturated heterocycles. The fourth-order valence-electron chi connectivity index (χ4n) is 4.03. The van der Waals surface area contributed by atoms with Gasteiger partial charge in [0, 0.05) is 18.8 Å². The van der Waals surface area contributed by atoms with E-state index in [1.807, 2.05) is 34.9 Å². The van der Waals surface area contributed by atoms with E-state index in [9.17, 15) is 19.5 Å². The number of fused-ring (bicyclic) bond motifs is 3. The molecule has 0 aliphatic heterocycles. The number of nitrogens with zero attached hydrogens (tertiary/aromatic N) is 5. The minimum atomic E-state index is -1.30. The van der Waals surface area contributed by atoms with Crippen LogP contribution in [0.3, 0.4) is 0 Å². The topological polar surface area (TPSA) is 113 Å². The highest BCUT2D eigenvalue weighted by atomic mass is 35.5. The maximum atomic E-state index is 13.2. The van der Waals surface area contributed by atoms with Crippen molar-refractivity contribution in [2.45, 2.75) is 6.54 Å². The summed E-state index contributed by atoms with van der Waals surface area (Å²) in [5, 5.41) is 9.59. The maximum absolute atomic E-state index is 13.2. The zero-order valence-electron chi connectivity index (χ0n) is 18.1. The fourth-order valence-corrected chi connectivity index (χ4v) is 4.28. The summed E-state index contributed by atoms with van der Waals surface area (Å²) in [5.41, 5.74) is 0.952. The van der Waals surface area contributed by atoms with E-state index in [4.69, 9.17) is 16.3 Å². The lowest BCUT2D eigenvalue weighted by Gasteiger charge is -2.11. The van der Waals surface area contributed by atoms with Crippen molar-refractivity contribution >= 4 is 34.5 Å². The number of ether oxygens (including phenoxy) is 1.